The molecule has 0 unspecified atom stereocenters. The average Bonchev–Trinajstić information content (AvgIpc) is 3.15. The molecule has 0 N–H and O–H groups in total. The van der Waals surface area contributed by atoms with Crippen molar-refractivity contribution in [3.8, 4) is 5.75 Å². The fraction of sp³-hybridized carbons (Fsp3) is 0.310. The van der Waals surface area contributed by atoms with E-state index in [-0.39, 0.29) is 11.9 Å². The molecule has 1 heterocycles. The van der Waals surface area contributed by atoms with Crippen molar-refractivity contribution in [3.05, 3.63) is 76.7 Å². The second-order valence-electron chi connectivity index (χ2n) is 8.67. The highest BCUT2D eigenvalue weighted by Crippen LogP contribution is 2.38. The van der Waals surface area contributed by atoms with Gasteiger partial charge in [0.05, 0.1) is 17.2 Å². The smallest absolute Gasteiger partial charge is 0.267 e. The van der Waals surface area contributed by atoms with Gasteiger partial charge in [-0.15, -0.1) is 0 Å². The molecule has 1 saturated heterocycles. The molecule has 0 saturated carbocycles. The molecule has 176 valence electrons. The maximum Gasteiger partial charge on any atom is 0.267 e. The number of ether oxygens (including phenoxy) is 1. The van der Waals surface area contributed by atoms with E-state index >= 15 is 0 Å². The number of thioether (sulfide) groups is 1. The number of rotatable bonds is 8. The summed E-state index contributed by atoms with van der Waals surface area (Å²) in [7, 11) is 0. The zero-order valence-corrected chi connectivity index (χ0v) is 21.2. The van der Waals surface area contributed by atoms with Crippen LogP contribution in [-0.2, 0) is 4.79 Å². The number of amides is 1. The first-order chi connectivity index (χ1) is 16.5. The van der Waals surface area contributed by atoms with Crippen molar-refractivity contribution in [1.82, 2.24) is 4.90 Å². The van der Waals surface area contributed by atoms with Gasteiger partial charge in [-0.1, -0.05) is 68.3 Å². The van der Waals surface area contributed by atoms with Gasteiger partial charge in [-0.3, -0.25) is 9.69 Å². The third kappa shape index (κ3) is 5.20. The van der Waals surface area contributed by atoms with Gasteiger partial charge in [0, 0.05) is 11.4 Å². The second-order valence-corrected chi connectivity index (χ2v) is 9.68. The minimum Gasteiger partial charge on any atom is -0.493 e. The van der Waals surface area contributed by atoms with Gasteiger partial charge in [0.25, 0.3) is 5.91 Å². The fourth-order valence-electron chi connectivity index (χ4n) is 3.88. The SMILES string of the molecule is CCCCOc1ccc(/C=C2/SC(=Nc3ccc(C)cc3)N([C@H](C)CC)C2=O)c2ccccc12. The molecule has 0 spiro atoms. The summed E-state index contributed by atoms with van der Waals surface area (Å²) in [5.74, 6) is 0.900. The van der Waals surface area contributed by atoms with Crippen LogP contribution in [0.25, 0.3) is 16.8 Å². The Labute approximate surface area is 206 Å². The van der Waals surface area contributed by atoms with Gasteiger partial charge in [0.1, 0.15) is 5.75 Å². The first-order valence-electron chi connectivity index (χ1n) is 12.0. The van der Waals surface area contributed by atoms with Crippen LogP contribution in [0.2, 0.25) is 0 Å². The normalized spacial score (nSPS) is 17.2. The van der Waals surface area contributed by atoms with Crippen molar-refractivity contribution >= 4 is 45.4 Å². The summed E-state index contributed by atoms with van der Waals surface area (Å²) in [4.78, 5) is 20.8. The molecular weight excluding hydrogens is 440 g/mol. The van der Waals surface area contributed by atoms with Crippen LogP contribution in [0, 0.1) is 6.92 Å². The molecule has 1 amide bonds. The number of carbonyl (C=O) groups excluding carboxylic acids is 1. The summed E-state index contributed by atoms with van der Waals surface area (Å²) in [6, 6.07) is 20.4. The lowest BCUT2D eigenvalue weighted by molar-refractivity contribution is -0.123. The molecule has 5 heteroatoms. The number of benzene rings is 3. The van der Waals surface area contributed by atoms with Crippen molar-refractivity contribution in [2.45, 2.75) is 53.0 Å². The molecule has 0 aliphatic carbocycles. The molecule has 1 atom stereocenters. The summed E-state index contributed by atoms with van der Waals surface area (Å²) in [6.45, 7) is 9.09. The number of aliphatic imine (C=N–C) groups is 1. The Morgan fingerprint density at radius 2 is 1.76 bits per heavy atom. The van der Waals surface area contributed by atoms with E-state index in [1.54, 1.807) is 0 Å². The van der Waals surface area contributed by atoms with E-state index in [4.69, 9.17) is 9.73 Å². The number of carbonyl (C=O) groups is 1. The summed E-state index contributed by atoms with van der Waals surface area (Å²) in [5, 5.41) is 2.88. The van der Waals surface area contributed by atoms with Crippen molar-refractivity contribution in [2.75, 3.05) is 6.61 Å². The van der Waals surface area contributed by atoms with Crippen LogP contribution in [0.1, 0.15) is 51.2 Å². The van der Waals surface area contributed by atoms with Crippen LogP contribution >= 0.6 is 11.8 Å². The molecule has 3 aromatic carbocycles. The molecule has 1 fully saturated rings. The average molecular weight is 473 g/mol. The van der Waals surface area contributed by atoms with Crippen molar-refractivity contribution < 1.29 is 9.53 Å². The Bertz CT molecular complexity index is 1230. The lowest BCUT2D eigenvalue weighted by Gasteiger charge is -2.22. The highest BCUT2D eigenvalue weighted by atomic mass is 32.2. The molecule has 0 aromatic heterocycles. The summed E-state index contributed by atoms with van der Waals surface area (Å²) in [6.07, 6.45) is 4.98. The van der Waals surface area contributed by atoms with Crippen LogP contribution in [0.5, 0.6) is 5.75 Å². The maximum atomic E-state index is 13.5. The minimum absolute atomic E-state index is 0.0116. The highest BCUT2D eigenvalue weighted by Gasteiger charge is 2.36. The second kappa shape index (κ2) is 10.9. The molecule has 4 nitrogen and oxygen atoms in total. The van der Waals surface area contributed by atoms with Gasteiger partial charge in [-0.25, -0.2) is 4.99 Å². The third-order valence-electron chi connectivity index (χ3n) is 6.09. The zero-order valence-electron chi connectivity index (χ0n) is 20.4. The monoisotopic (exact) mass is 472 g/mol. The summed E-state index contributed by atoms with van der Waals surface area (Å²) >= 11 is 1.45. The van der Waals surface area contributed by atoms with Crippen LogP contribution in [0.3, 0.4) is 0 Å². The summed E-state index contributed by atoms with van der Waals surface area (Å²) in [5.41, 5.74) is 3.05. The predicted molar refractivity (Wildman–Crippen MR) is 145 cm³/mol. The van der Waals surface area contributed by atoms with E-state index in [0.29, 0.717) is 11.5 Å². The van der Waals surface area contributed by atoms with E-state index in [9.17, 15) is 4.79 Å². The number of unbranched alkanes of at least 4 members (excludes halogenated alkanes) is 1. The third-order valence-corrected chi connectivity index (χ3v) is 7.07. The number of amidine groups is 1. The number of aryl methyl sites for hydroxylation is 1. The molecule has 4 rings (SSSR count). The van der Waals surface area contributed by atoms with Gasteiger partial charge < -0.3 is 4.74 Å². The van der Waals surface area contributed by atoms with E-state index < -0.39 is 0 Å². The number of fused-ring (bicyclic) bond motifs is 1. The molecule has 0 radical (unpaired) electrons. The van der Waals surface area contributed by atoms with Crippen LogP contribution in [-0.4, -0.2) is 28.6 Å². The van der Waals surface area contributed by atoms with Crippen molar-refractivity contribution in [1.29, 1.82) is 0 Å². The fourth-order valence-corrected chi connectivity index (χ4v) is 4.96. The van der Waals surface area contributed by atoms with E-state index in [0.717, 1.165) is 52.2 Å². The number of hydrogen-bond donors (Lipinski definition) is 0. The quantitative estimate of drug-likeness (QED) is 0.249. The first-order valence-corrected chi connectivity index (χ1v) is 12.9. The Kier molecular flexibility index (Phi) is 7.73. The molecule has 1 aliphatic rings. The number of nitrogens with zero attached hydrogens (tertiary/aromatic N) is 2. The Hall–Kier alpha value is -3.05. The first kappa shape index (κ1) is 24.1. The molecule has 34 heavy (non-hydrogen) atoms. The van der Waals surface area contributed by atoms with Crippen LogP contribution in [0.4, 0.5) is 5.69 Å². The number of hydrogen-bond acceptors (Lipinski definition) is 4. The standard InChI is InChI=1S/C29H32N2O2S/c1-5-7-18-33-26-17-14-22(24-10-8-9-11-25(24)26)19-27-28(32)31(21(4)6-2)29(34-27)30-23-15-12-20(3)13-16-23/h8-17,19,21H,5-7,18H2,1-4H3/b27-19+,30-29?/t21-/m1/s1. The molecule has 3 aromatic rings. The van der Waals surface area contributed by atoms with E-state index in [2.05, 4.69) is 39.8 Å². The topological polar surface area (TPSA) is 41.9 Å². The maximum absolute atomic E-state index is 13.5. The van der Waals surface area contributed by atoms with Crippen LogP contribution < -0.4 is 4.74 Å². The van der Waals surface area contributed by atoms with E-state index in [1.807, 2.05) is 59.5 Å². The van der Waals surface area contributed by atoms with E-state index in [1.165, 1.54) is 17.3 Å². The Morgan fingerprint density at radius 3 is 2.47 bits per heavy atom. The molecule has 0 bridgehead atoms. The van der Waals surface area contributed by atoms with Crippen LogP contribution in [0.15, 0.2) is 70.6 Å². The Morgan fingerprint density at radius 1 is 1.03 bits per heavy atom. The van der Waals surface area contributed by atoms with Gasteiger partial charge in [0.15, 0.2) is 5.17 Å². The lowest BCUT2D eigenvalue weighted by Crippen LogP contribution is -2.36. The zero-order chi connectivity index (χ0) is 24.1. The van der Waals surface area contributed by atoms with Gasteiger partial charge in [0.2, 0.25) is 0 Å². The largest absolute Gasteiger partial charge is 0.493 e. The van der Waals surface area contributed by atoms with Crippen molar-refractivity contribution in [3.63, 3.8) is 0 Å². The van der Waals surface area contributed by atoms with Gasteiger partial charge >= 0.3 is 0 Å². The highest BCUT2D eigenvalue weighted by molar-refractivity contribution is 8.18. The van der Waals surface area contributed by atoms with Crippen molar-refractivity contribution in [2.24, 2.45) is 4.99 Å². The molecule has 1 aliphatic heterocycles. The van der Waals surface area contributed by atoms with Gasteiger partial charge in [-0.2, -0.15) is 0 Å². The summed E-state index contributed by atoms with van der Waals surface area (Å²) < 4.78 is 6.04. The molecular formula is C29H32N2O2S. The minimum atomic E-state index is 0.0116. The predicted octanol–water partition coefficient (Wildman–Crippen LogP) is 7.73. The van der Waals surface area contributed by atoms with Gasteiger partial charge in [-0.05, 0) is 73.7 Å². The lowest BCUT2D eigenvalue weighted by atomic mass is 10.0. The Balaban J connectivity index is 1.72.